The van der Waals surface area contributed by atoms with Crippen molar-refractivity contribution in [3.05, 3.63) is 35.5 Å². The van der Waals surface area contributed by atoms with Gasteiger partial charge in [0.05, 0.1) is 18.5 Å². The lowest BCUT2D eigenvalue weighted by Gasteiger charge is -2.20. The highest BCUT2D eigenvalue weighted by molar-refractivity contribution is 5.82. The molecular formula is C21H27F2N3O3. The number of unbranched alkanes of at least 4 members (excludes halogenated alkanes) is 1. The van der Waals surface area contributed by atoms with E-state index < -0.39 is 17.6 Å². The summed E-state index contributed by atoms with van der Waals surface area (Å²) in [6.45, 7) is 8.32. The first kappa shape index (κ1) is 22.5. The number of hydrogen-bond acceptors (Lipinski definition) is 5. The van der Waals surface area contributed by atoms with Crippen LogP contribution in [0.4, 0.5) is 14.5 Å². The number of aliphatic carboxylic acids is 1. The zero-order chi connectivity index (χ0) is 21.4. The van der Waals surface area contributed by atoms with Gasteiger partial charge in [0.15, 0.2) is 5.90 Å². The lowest BCUT2D eigenvalue weighted by Crippen LogP contribution is -2.23. The summed E-state index contributed by atoms with van der Waals surface area (Å²) >= 11 is 0. The molecule has 6 nitrogen and oxygen atoms in total. The average Bonchev–Trinajstić information content (AvgIpc) is 3.08. The van der Waals surface area contributed by atoms with Crippen molar-refractivity contribution >= 4 is 30.0 Å². The Kier molecular flexibility index (Phi) is 8.30. The molecule has 1 unspecified atom stereocenters. The van der Waals surface area contributed by atoms with Gasteiger partial charge in [-0.15, -0.1) is 0 Å². The number of nitrogens with zero attached hydrogens (tertiary/aromatic N) is 3. The third-order valence-electron chi connectivity index (χ3n) is 4.68. The quantitative estimate of drug-likeness (QED) is 0.372. The number of aliphatic imine (C=N–C) groups is 2. The molecule has 1 saturated heterocycles. The molecule has 0 aliphatic carbocycles. The van der Waals surface area contributed by atoms with Crippen LogP contribution in [0.1, 0.15) is 45.1 Å². The number of carbonyl (C=O) groups is 1. The number of carboxylic acid groups (broad SMARTS) is 1. The number of rotatable bonds is 9. The Balaban J connectivity index is 2.24. The van der Waals surface area contributed by atoms with Gasteiger partial charge in [0.2, 0.25) is 0 Å². The van der Waals surface area contributed by atoms with Crippen LogP contribution in [0.15, 0.2) is 28.3 Å². The first-order valence-corrected chi connectivity index (χ1v) is 9.65. The fourth-order valence-corrected chi connectivity index (χ4v) is 3.29. The maximum absolute atomic E-state index is 14.8. The van der Waals surface area contributed by atoms with Gasteiger partial charge in [-0.25, -0.2) is 13.8 Å². The highest BCUT2D eigenvalue weighted by Crippen LogP contribution is 2.32. The Morgan fingerprint density at radius 2 is 2.10 bits per heavy atom. The minimum atomic E-state index is -0.908. The van der Waals surface area contributed by atoms with Crippen LogP contribution >= 0.6 is 0 Å². The van der Waals surface area contributed by atoms with Crippen molar-refractivity contribution < 1.29 is 23.4 Å². The van der Waals surface area contributed by atoms with E-state index in [4.69, 9.17) is 9.84 Å². The molecule has 1 aliphatic heterocycles. The van der Waals surface area contributed by atoms with Crippen molar-refractivity contribution in [3.8, 4) is 0 Å². The van der Waals surface area contributed by atoms with E-state index in [1.54, 1.807) is 11.8 Å². The van der Waals surface area contributed by atoms with Gasteiger partial charge in [-0.1, -0.05) is 13.3 Å². The normalized spacial score (nSPS) is 17.5. The molecule has 0 aromatic heterocycles. The van der Waals surface area contributed by atoms with E-state index in [9.17, 15) is 13.6 Å². The van der Waals surface area contributed by atoms with Crippen molar-refractivity contribution in [1.29, 1.82) is 0 Å². The third-order valence-corrected chi connectivity index (χ3v) is 4.68. The van der Waals surface area contributed by atoms with E-state index in [-0.39, 0.29) is 29.3 Å². The second-order valence-electron chi connectivity index (χ2n) is 7.02. The number of hydrogen-bond donors (Lipinski definition) is 1. The Bertz CT molecular complexity index is 785. The van der Waals surface area contributed by atoms with Crippen LogP contribution in [0, 0.1) is 17.6 Å². The first-order chi connectivity index (χ1) is 13.8. The molecule has 1 heterocycles. The SMILES string of the molecule is C=N/C=C(\N=C(C)OCCCC)c1cc(F)c(N2CCC(CC(=O)O)C2)c(F)c1. The lowest BCUT2D eigenvalue weighted by molar-refractivity contribution is -0.137. The van der Waals surface area contributed by atoms with E-state index in [0.29, 0.717) is 32.0 Å². The summed E-state index contributed by atoms with van der Waals surface area (Å²) in [6.07, 6.45) is 3.74. The molecule has 1 aliphatic rings. The molecule has 0 radical (unpaired) electrons. The fraction of sp³-hybridized carbons (Fsp3) is 0.476. The molecule has 8 heteroatoms. The molecule has 0 saturated carbocycles. The van der Waals surface area contributed by atoms with Crippen LogP contribution in [0.3, 0.4) is 0 Å². The van der Waals surface area contributed by atoms with Gasteiger partial charge in [0.25, 0.3) is 0 Å². The third kappa shape index (κ3) is 6.37. The first-order valence-electron chi connectivity index (χ1n) is 9.65. The second-order valence-corrected chi connectivity index (χ2v) is 7.02. The van der Waals surface area contributed by atoms with E-state index in [1.807, 2.05) is 6.92 Å². The number of halogens is 2. The maximum Gasteiger partial charge on any atom is 0.303 e. The highest BCUT2D eigenvalue weighted by Gasteiger charge is 2.28. The molecule has 158 valence electrons. The Labute approximate surface area is 169 Å². The van der Waals surface area contributed by atoms with E-state index >= 15 is 0 Å². The van der Waals surface area contributed by atoms with Crippen LogP contribution in [0.2, 0.25) is 0 Å². The highest BCUT2D eigenvalue weighted by atomic mass is 19.1. The van der Waals surface area contributed by atoms with Crippen molar-refractivity contribution in [3.63, 3.8) is 0 Å². The van der Waals surface area contributed by atoms with Crippen molar-refractivity contribution in [2.24, 2.45) is 15.9 Å². The largest absolute Gasteiger partial charge is 0.481 e. The standard InChI is InChI=1S/C21H27F2N3O3/c1-4-5-8-29-14(2)25-19(12-24-3)16-10-17(22)21(18(23)11-16)26-7-6-15(13-26)9-20(27)28/h10-12,15H,3-9,13H2,1-2H3,(H,27,28)/b19-12-,25-14?. The molecule has 2 rings (SSSR count). The van der Waals surface area contributed by atoms with Crippen molar-refractivity contribution in [2.75, 3.05) is 24.6 Å². The molecule has 1 aromatic carbocycles. The smallest absolute Gasteiger partial charge is 0.303 e. The van der Waals surface area contributed by atoms with E-state index in [0.717, 1.165) is 12.8 Å². The molecular weight excluding hydrogens is 380 g/mol. The fourth-order valence-electron chi connectivity index (χ4n) is 3.29. The zero-order valence-electron chi connectivity index (χ0n) is 16.8. The van der Waals surface area contributed by atoms with Gasteiger partial charge in [0.1, 0.15) is 17.3 Å². The van der Waals surface area contributed by atoms with Crippen LogP contribution in [-0.2, 0) is 9.53 Å². The number of anilines is 1. The molecule has 0 spiro atoms. The monoisotopic (exact) mass is 407 g/mol. The van der Waals surface area contributed by atoms with Crippen molar-refractivity contribution in [1.82, 2.24) is 0 Å². The minimum absolute atomic E-state index is 0.0122. The summed E-state index contributed by atoms with van der Waals surface area (Å²) in [5.74, 6) is -2.13. The molecule has 0 amide bonds. The molecule has 1 atom stereocenters. The minimum Gasteiger partial charge on any atom is -0.481 e. The van der Waals surface area contributed by atoms with E-state index in [1.165, 1.54) is 18.3 Å². The molecule has 1 aromatic rings. The van der Waals surface area contributed by atoms with E-state index in [2.05, 4.69) is 16.7 Å². The van der Waals surface area contributed by atoms with Gasteiger partial charge in [-0.2, -0.15) is 0 Å². The summed E-state index contributed by atoms with van der Waals surface area (Å²) in [4.78, 5) is 20.4. The van der Waals surface area contributed by atoms with Crippen LogP contribution in [0.25, 0.3) is 5.70 Å². The van der Waals surface area contributed by atoms with Crippen molar-refractivity contribution in [2.45, 2.75) is 39.5 Å². The van der Waals surface area contributed by atoms with Crippen LogP contribution < -0.4 is 4.90 Å². The molecule has 1 fully saturated rings. The summed E-state index contributed by atoms with van der Waals surface area (Å²) in [5.41, 5.74) is 0.312. The molecule has 0 bridgehead atoms. The van der Waals surface area contributed by atoms with Gasteiger partial charge in [-0.3, -0.25) is 9.79 Å². The Morgan fingerprint density at radius 1 is 1.41 bits per heavy atom. The predicted octanol–water partition coefficient (Wildman–Crippen LogP) is 4.50. The summed E-state index contributed by atoms with van der Waals surface area (Å²) in [6, 6.07) is 2.39. The topological polar surface area (TPSA) is 74.5 Å². The molecule has 1 N–H and O–H groups in total. The maximum atomic E-state index is 14.8. The zero-order valence-corrected chi connectivity index (χ0v) is 16.8. The lowest BCUT2D eigenvalue weighted by atomic mass is 10.1. The number of ether oxygens (including phenoxy) is 1. The summed E-state index contributed by atoms with van der Waals surface area (Å²) in [5, 5.41) is 8.92. The predicted molar refractivity (Wildman–Crippen MR) is 110 cm³/mol. The summed E-state index contributed by atoms with van der Waals surface area (Å²) in [7, 11) is 0. The Morgan fingerprint density at radius 3 is 2.69 bits per heavy atom. The average molecular weight is 407 g/mol. The van der Waals surface area contributed by atoms with Gasteiger partial charge < -0.3 is 14.7 Å². The van der Waals surface area contributed by atoms with Crippen LogP contribution in [0.5, 0.6) is 0 Å². The second kappa shape index (κ2) is 10.7. The van der Waals surface area contributed by atoms with Crippen LogP contribution in [-0.4, -0.2) is 43.4 Å². The number of benzene rings is 1. The number of carboxylic acids is 1. The van der Waals surface area contributed by atoms with Gasteiger partial charge in [0, 0.05) is 32.0 Å². The van der Waals surface area contributed by atoms with Gasteiger partial charge in [-0.05, 0) is 37.6 Å². The Hall–Kier alpha value is -2.77. The molecule has 29 heavy (non-hydrogen) atoms. The summed E-state index contributed by atoms with van der Waals surface area (Å²) < 4.78 is 35.1. The van der Waals surface area contributed by atoms with Gasteiger partial charge >= 0.3 is 5.97 Å².